The molecular weight excluding hydrogens is 464 g/mol. The van der Waals surface area contributed by atoms with Crippen LogP contribution in [0.4, 0.5) is 5.69 Å². The van der Waals surface area contributed by atoms with E-state index in [2.05, 4.69) is 11.8 Å². The van der Waals surface area contributed by atoms with Gasteiger partial charge < -0.3 is 24.8 Å². The number of hydrogen-bond donors (Lipinski definition) is 1. The smallest absolute Gasteiger partial charge is 0.137 e. The van der Waals surface area contributed by atoms with Gasteiger partial charge in [0.15, 0.2) is 0 Å². The van der Waals surface area contributed by atoms with Crippen molar-refractivity contribution in [3.8, 4) is 17.2 Å². The maximum absolute atomic E-state index is 13.0. The summed E-state index contributed by atoms with van der Waals surface area (Å²) in [5.74, 6) is 2.61. The number of anilines is 1. The van der Waals surface area contributed by atoms with Gasteiger partial charge in [-0.15, -0.1) is 0 Å². The molecule has 2 aromatic rings. The molecule has 0 aliphatic carbocycles. The van der Waals surface area contributed by atoms with Crippen molar-refractivity contribution in [2.24, 2.45) is 5.92 Å². The minimum atomic E-state index is 0.211. The second-order valence-corrected chi connectivity index (χ2v) is 9.81. The van der Waals surface area contributed by atoms with Gasteiger partial charge in [-0.3, -0.25) is 4.79 Å². The molecule has 0 atom stereocenters. The van der Waals surface area contributed by atoms with E-state index >= 15 is 0 Å². The Kier molecular flexibility index (Phi) is 10.5. The number of ether oxygens (including phenoxy) is 3. The van der Waals surface area contributed by atoms with E-state index in [0.29, 0.717) is 40.3 Å². The maximum Gasteiger partial charge on any atom is 0.137 e. The number of nitrogens with two attached hydrogens (primary N) is 1. The minimum Gasteiger partial charge on any atom is -0.497 e. The number of hydrogen-bond acceptors (Lipinski definition) is 6. The number of nitrogens with zero attached hydrogens (tertiary/aromatic N) is 1. The highest BCUT2D eigenvalue weighted by Gasteiger charge is 2.22. The molecule has 0 amide bonds. The average molecular weight is 503 g/mol. The summed E-state index contributed by atoms with van der Waals surface area (Å²) in [4.78, 5) is 15.5. The van der Waals surface area contributed by atoms with Crippen molar-refractivity contribution in [3.05, 3.63) is 46.5 Å². The number of Topliss-reactive ketones (excluding diaryl/α,β-unsaturated/α-hetero) is 1. The van der Waals surface area contributed by atoms with Gasteiger partial charge in [0.25, 0.3) is 0 Å². The first-order chi connectivity index (χ1) is 16.9. The first-order valence-corrected chi connectivity index (χ1v) is 13.0. The van der Waals surface area contributed by atoms with Crippen molar-refractivity contribution in [1.82, 2.24) is 4.90 Å². The first kappa shape index (κ1) is 27.2. The van der Waals surface area contributed by atoms with Crippen molar-refractivity contribution in [2.75, 3.05) is 39.6 Å². The highest BCUT2D eigenvalue weighted by atomic mass is 35.5. The van der Waals surface area contributed by atoms with E-state index in [1.54, 1.807) is 26.4 Å². The number of methoxy groups -OCH3 is 2. The number of piperidine rings is 1. The lowest BCUT2D eigenvalue weighted by atomic mass is 9.90. The number of halogens is 1. The summed E-state index contributed by atoms with van der Waals surface area (Å²) in [6.07, 6.45) is 6.86. The second-order valence-electron chi connectivity index (χ2n) is 9.40. The van der Waals surface area contributed by atoms with E-state index in [4.69, 9.17) is 31.5 Å². The van der Waals surface area contributed by atoms with Gasteiger partial charge in [-0.25, -0.2) is 0 Å². The van der Waals surface area contributed by atoms with Crippen LogP contribution >= 0.6 is 11.6 Å². The lowest BCUT2D eigenvalue weighted by Gasteiger charge is -2.31. The van der Waals surface area contributed by atoms with Gasteiger partial charge in [0, 0.05) is 30.5 Å². The molecule has 0 aromatic heterocycles. The Labute approximate surface area is 214 Å². The fourth-order valence-corrected chi connectivity index (χ4v) is 4.79. The van der Waals surface area contributed by atoms with Gasteiger partial charge in [-0.1, -0.05) is 31.4 Å². The molecule has 2 aromatic carbocycles. The van der Waals surface area contributed by atoms with E-state index in [1.807, 2.05) is 18.2 Å². The van der Waals surface area contributed by atoms with Crippen LogP contribution in [0, 0.1) is 5.92 Å². The fraction of sp³-hybridized carbons (Fsp3) is 0.536. The van der Waals surface area contributed by atoms with E-state index in [-0.39, 0.29) is 18.8 Å². The molecule has 0 saturated carbocycles. The van der Waals surface area contributed by atoms with Crippen LogP contribution in [0.2, 0.25) is 5.02 Å². The number of likely N-dealkylation sites (tertiary alicyclic amines) is 1. The quantitative estimate of drug-likeness (QED) is 0.270. The predicted molar refractivity (Wildman–Crippen MR) is 142 cm³/mol. The van der Waals surface area contributed by atoms with Gasteiger partial charge in [-0.05, 0) is 68.6 Å². The van der Waals surface area contributed by atoms with Crippen LogP contribution in [0.25, 0.3) is 0 Å². The molecule has 2 N–H and O–H groups in total. The SMILES string of the molecule is CCCCCN1CCC(CC(=O)Cc2cc(Cl)c(N)cc2OCc2cc(OC)cc(OC)c2)CC1. The van der Waals surface area contributed by atoms with Gasteiger partial charge >= 0.3 is 0 Å². The monoisotopic (exact) mass is 502 g/mol. The molecule has 1 fully saturated rings. The molecule has 6 nitrogen and oxygen atoms in total. The Morgan fingerprint density at radius 3 is 2.37 bits per heavy atom. The zero-order valence-corrected chi connectivity index (χ0v) is 22.0. The summed E-state index contributed by atoms with van der Waals surface area (Å²) in [6.45, 7) is 5.88. The molecule has 1 aliphatic rings. The zero-order chi connectivity index (χ0) is 25.2. The standard InChI is InChI=1S/C28H39ClN2O4/c1-4-5-6-9-31-10-7-20(8-11-31)12-23(32)15-22-16-26(29)27(30)18-28(22)35-19-21-13-24(33-2)17-25(14-21)34-3/h13-14,16-18,20H,4-12,15,19,30H2,1-3H3. The number of unbranched alkanes of at least 4 members (excludes halogenated alkanes) is 2. The molecule has 35 heavy (non-hydrogen) atoms. The molecule has 0 bridgehead atoms. The molecule has 3 rings (SSSR count). The summed E-state index contributed by atoms with van der Waals surface area (Å²) in [6, 6.07) is 9.05. The van der Waals surface area contributed by atoms with Crippen LogP contribution in [0.3, 0.4) is 0 Å². The van der Waals surface area contributed by atoms with Crippen LogP contribution in [-0.4, -0.2) is 44.5 Å². The molecule has 0 radical (unpaired) electrons. The highest BCUT2D eigenvalue weighted by Crippen LogP contribution is 2.32. The Bertz CT molecular complexity index is 951. The second kappa shape index (κ2) is 13.6. The molecule has 1 aliphatic heterocycles. The number of carbonyl (C=O) groups is 1. The Balaban J connectivity index is 1.60. The topological polar surface area (TPSA) is 74.0 Å². The van der Waals surface area contributed by atoms with Crippen LogP contribution < -0.4 is 19.9 Å². The third-order valence-electron chi connectivity index (χ3n) is 6.67. The average Bonchev–Trinajstić information content (AvgIpc) is 2.86. The van der Waals surface area contributed by atoms with Crippen molar-refractivity contribution >= 4 is 23.1 Å². The van der Waals surface area contributed by atoms with Crippen molar-refractivity contribution < 1.29 is 19.0 Å². The van der Waals surface area contributed by atoms with Crippen molar-refractivity contribution in [2.45, 2.75) is 58.5 Å². The van der Waals surface area contributed by atoms with Gasteiger partial charge in [0.2, 0.25) is 0 Å². The summed E-state index contributed by atoms with van der Waals surface area (Å²) >= 11 is 6.30. The summed E-state index contributed by atoms with van der Waals surface area (Å²) in [5, 5.41) is 0.434. The Morgan fingerprint density at radius 1 is 1.06 bits per heavy atom. The molecule has 0 spiro atoms. The fourth-order valence-electron chi connectivity index (χ4n) is 4.60. The number of benzene rings is 2. The lowest BCUT2D eigenvalue weighted by Crippen LogP contribution is -2.35. The normalized spacial score (nSPS) is 14.6. The number of ketones is 1. The van der Waals surface area contributed by atoms with Crippen LogP contribution in [0.1, 0.15) is 56.6 Å². The Morgan fingerprint density at radius 2 is 1.74 bits per heavy atom. The van der Waals surface area contributed by atoms with Crippen LogP contribution in [0.5, 0.6) is 17.2 Å². The van der Waals surface area contributed by atoms with E-state index < -0.39 is 0 Å². The van der Waals surface area contributed by atoms with E-state index in [0.717, 1.165) is 37.1 Å². The molecule has 192 valence electrons. The molecule has 1 saturated heterocycles. The van der Waals surface area contributed by atoms with Gasteiger partial charge in [0.05, 0.1) is 24.9 Å². The number of carbonyl (C=O) groups excluding carboxylic acids is 1. The largest absolute Gasteiger partial charge is 0.497 e. The van der Waals surface area contributed by atoms with Crippen molar-refractivity contribution in [3.63, 3.8) is 0 Å². The third kappa shape index (κ3) is 8.32. The van der Waals surface area contributed by atoms with Crippen molar-refractivity contribution in [1.29, 1.82) is 0 Å². The number of nitrogen functional groups attached to an aromatic ring is 1. The molecule has 7 heteroatoms. The predicted octanol–water partition coefficient (Wildman–Crippen LogP) is 5.92. The summed E-state index contributed by atoms with van der Waals surface area (Å²) in [5.41, 5.74) is 8.12. The molecule has 0 unspecified atom stereocenters. The van der Waals surface area contributed by atoms with Gasteiger partial charge in [0.1, 0.15) is 29.6 Å². The molecular formula is C28H39ClN2O4. The Hall–Kier alpha value is -2.44. The minimum absolute atomic E-state index is 0.211. The highest BCUT2D eigenvalue weighted by molar-refractivity contribution is 6.33. The van der Waals surface area contributed by atoms with Crippen LogP contribution in [0.15, 0.2) is 30.3 Å². The molecule has 1 heterocycles. The van der Waals surface area contributed by atoms with Crippen LogP contribution in [-0.2, 0) is 17.8 Å². The maximum atomic E-state index is 13.0. The first-order valence-electron chi connectivity index (χ1n) is 12.6. The summed E-state index contributed by atoms with van der Waals surface area (Å²) in [7, 11) is 3.22. The van der Waals surface area contributed by atoms with Gasteiger partial charge in [-0.2, -0.15) is 0 Å². The zero-order valence-electron chi connectivity index (χ0n) is 21.3. The lowest BCUT2D eigenvalue weighted by molar-refractivity contribution is -0.119. The third-order valence-corrected chi connectivity index (χ3v) is 7.00. The van der Waals surface area contributed by atoms with E-state index in [1.165, 1.54) is 25.8 Å². The summed E-state index contributed by atoms with van der Waals surface area (Å²) < 4.78 is 16.8. The van der Waals surface area contributed by atoms with E-state index in [9.17, 15) is 4.79 Å². The number of rotatable bonds is 13.